The summed E-state index contributed by atoms with van der Waals surface area (Å²) < 4.78 is 5.38. The highest BCUT2D eigenvalue weighted by atomic mass is 35.5. The van der Waals surface area contributed by atoms with Crippen LogP contribution in [0.15, 0.2) is 77.4 Å². The number of aromatic nitrogens is 2. The number of halogens is 2. The second-order valence-corrected chi connectivity index (χ2v) is 7.44. The fourth-order valence-corrected chi connectivity index (χ4v) is 3.77. The van der Waals surface area contributed by atoms with Crippen molar-refractivity contribution >= 4 is 34.9 Å². The summed E-state index contributed by atoms with van der Waals surface area (Å²) in [6.07, 6.45) is 1.65. The van der Waals surface area contributed by atoms with E-state index in [1.807, 2.05) is 36.4 Å². The van der Waals surface area contributed by atoms with E-state index in [0.29, 0.717) is 45.0 Å². The number of carbonyl (C=O) groups excluding carboxylic acids is 1. The number of nitrogens with zero attached hydrogens (tertiary/aromatic N) is 3. The molecule has 0 atom stereocenters. The topological polar surface area (TPSA) is 59.2 Å². The van der Waals surface area contributed by atoms with Crippen LogP contribution >= 0.6 is 23.2 Å². The number of hydrogen-bond donors (Lipinski definition) is 0. The summed E-state index contributed by atoms with van der Waals surface area (Å²) in [4.78, 5) is 19.7. The normalized spacial score (nSPS) is 10.8. The van der Waals surface area contributed by atoms with E-state index in [1.165, 1.54) is 0 Å². The molecule has 0 aliphatic carbocycles. The van der Waals surface area contributed by atoms with E-state index in [9.17, 15) is 4.79 Å². The van der Waals surface area contributed by atoms with Gasteiger partial charge in [0.2, 0.25) is 0 Å². The lowest BCUT2D eigenvalue weighted by Crippen LogP contribution is -2.31. The Kier molecular flexibility index (Phi) is 5.84. The van der Waals surface area contributed by atoms with Gasteiger partial charge >= 0.3 is 0 Å². The first kappa shape index (κ1) is 20.1. The van der Waals surface area contributed by atoms with Gasteiger partial charge in [-0.3, -0.25) is 9.69 Å². The first-order valence-corrected chi connectivity index (χ1v) is 9.99. The lowest BCUT2D eigenvalue weighted by atomic mass is 10.0. The molecule has 150 valence electrons. The molecule has 4 rings (SSSR count). The summed E-state index contributed by atoms with van der Waals surface area (Å²) in [6, 6.07) is 20.2. The minimum absolute atomic E-state index is 0.298. The molecule has 1 amide bonds. The van der Waals surface area contributed by atoms with E-state index >= 15 is 0 Å². The molecule has 0 saturated heterocycles. The van der Waals surface area contributed by atoms with Crippen LogP contribution in [-0.4, -0.2) is 16.0 Å². The summed E-state index contributed by atoms with van der Waals surface area (Å²) in [5, 5.41) is 4.87. The Balaban J connectivity index is 1.82. The standard InChI is InChI=1S/C23H17Cl2N3O2/c1-15-20(22(27-30-15)21-17(24)10-7-11-18(21)25)23(29)28(19-12-5-6-13-26-19)14-16-8-3-2-4-9-16/h2-13H,14H2,1H3. The van der Waals surface area contributed by atoms with Crippen molar-refractivity contribution in [2.75, 3.05) is 4.90 Å². The molecule has 0 aliphatic rings. The van der Waals surface area contributed by atoms with Gasteiger partial charge in [0, 0.05) is 11.8 Å². The second kappa shape index (κ2) is 8.69. The zero-order valence-corrected chi connectivity index (χ0v) is 17.6. The molecule has 0 fully saturated rings. The third kappa shape index (κ3) is 3.95. The molecule has 0 radical (unpaired) electrons. The molecule has 30 heavy (non-hydrogen) atoms. The van der Waals surface area contributed by atoms with Gasteiger partial charge in [-0.05, 0) is 36.8 Å². The second-order valence-electron chi connectivity index (χ2n) is 6.62. The average Bonchev–Trinajstić information content (AvgIpc) is 3.14. The van der Waals surface area contributed by atoms with Crippen molar-refractivity contribution in [3.05, 3.63) is 99.9 Å². The zero-order chi connectivity index (χ0) is 21.1. The smallest absolute Gasteiger partial charge is 0.265 e. The number of pyridine rings is 1. The van der Waals surface area contributed by atoms with Crippen LogP contribution in [0.2, 0.25) is 10.0 Å². The largest absolute Gasteiger partial charge is 0.360 e. The molecule has 0 N–H and O–H groups in total. The maximum absolute atomic E-state index is 13.7. The van der Waals surface area contributed by atoms with Crippen LogP contribution in [0.5, 0.6) is 0 Å². The molecular formula is C23H17Cl2N3O2. The van der Waals surface area contributed by atoms with Crippen LogP contribution in [0, 0.1) is 6.92 Å². The summed E-state index contributed by atoms with van der Waals surface area (Å²) in [5.74, 6) is 0.588. The summed E-state index contributed by atoms with van der Waals surface area (Å²) in [5.41, 5.74) is 2.03. The van der Waals surface area contributed by atoms with Crippen LogP contribution in [0.25, 0.3) is 11.3 Å². The van der Waals surface area contributed by atoms with Crippen LogP contribution in [0.3, 0.4) is 0 Å². The molecule has 2 heterocycles. The molecule has 4 aromatic rings. The summed E-state index contributed by atoms with van der Waals surface area (Å²) in [6.45, 7) is 2.02. The van der Waals surface area contributed by atoms with Gasteiger partial charge in [-0.15, -0.1) is 0 Å². The highest BCUT2D eigenvalue weighted by Gasteiger charge is 2.29. The van der Waals surface area contributed by atoms with Gasteiger partial charge in [0.25, 0.3) is 5.91 Å². The Morgan fingerprint density at radius 1 is 0.967 bits per heavy atom. The predicted octanol–water partition coefficient (Wildman–Crippen LogP) is 6.20. The van der Waals surface area contributed by atoms with Crippen molar-refractivity contribution < 1.29 is 9.32 Å². The number of rotatable bonds is 5. The quantitative estimate of drug-likeness (QED) is 0.372. The summed E-state index contributed by atoms with van der Waals surface area (Å²) >= 11 is 12.7. The van der Waals surface area contributed by atoms with E-state index in [2.05, 4.69) is 10.1 Å². The van der Waals surface area contributed by atoms with E-state index in [1.54, 1.807) is 48.4 Å². The first-order chi connectivity index (χ1) is 14.6. The molecule has 5 nitrogen and oxygen atoms in total. The summed E-state index contributed by atoms with van der Waals surface area (Å²) in [7, 11) is 0. The molecular weight excluding hydrogens is 421 g/mol. The van der Waals surface area contributed by atoms with Gasteiger partial charge in [0.05, 0.1) is 16.6 Å². The third-order valence-corrected chi connectivity index (χ3v) is 5.26. The van der Waals surface area contributed by atoms with Crippen LogP contribution < -0.4 is 4.90 Å². The first-order valence-electron chi connectivity index (χ1n) is 9.23. The maximum Gasteiger partial charge on any atom is 0.265 e. The molecule has 7 heteroatoms. The highest BCUT2D eigenvalue weighted by molar-refractivity contribution is 6.39. The lowest BCUT2D eigenvalue weighted by molar-refractivity contribution is 0.0983. The SMILES string of the molecule is Cc1onc(-c2c(Cl)cccc2Cl)c1C(=O)N(Cc1ccccc1)c1ccccn1. The number of carbonyl (C=O) groups is 1. The Hall–Kier alpha value is -3.15. The zero-order valence-electron chi connectivity index (χ0n) is 16.0. The van der Waals surface area contributed by atoms with Crippen molar-refractivity contribution in [1.29, 1.82) is 0 Å². The van der Waals surface area contributed by atoms with Gasteiger partial charge in [0.1, 0.15) is 22.8 Å². The van der Waals surface area contributed by atoms with E-state index in [0.717, 1.165) is 5.56 Å². The van der Waals surface area contributed by atoms with Crippen molar-refractivity contribution in [1.82, 2.24) is 10.1 Å². The van der Waals surface area contributed by atoms with Gasteiger partial charge < -0.3 is 4.52 Å². The molecule has 2 aromatic carbocycles. The fraction of sp³-hybridized carbons (Fsp3) is 0.0870. The van der Waals surface area contributed by atoms with E-state index < -0.39 is 0 Å². The van der Waals surface area contributed by atoms with Crippen molar-refractivity contribution in [3.63, 3.8) is 0 Å². The third-order valence-electron chi connectivity index (χ3n) is 4.63. The van der Waals surface area contributed by atoms with E-state index in [-0.39, 0.29) is 5.91 Å². The number of benzene rings is 2. The molecule has 0 aliphatic heterocycles. The van der Waals surface area contributed by atoms with Gasteiger partial charge in [-0.1, -0.05) is 70.8 Å². The minimum Gasteiger partial charge on any atom is -0.360 e. The van der Waals surface area contributed by atoms with Gasteiger partial charge in [-0.25, -0.2) is 4.98 Å². The fourth-order valence-electron chi connectivity index (χ4n) is 3.19. The predicted molar refractivity (Wildman–Crippen MR) is 118 cm³/mol. The van der Waals surface area contributed by atoms with E-state index in [4.69, 9.17) is 27.7 Å². The molecule has 0 bridgehead atoms. The van der Waals surface area contributed by atoms with Gasteiger partial charge in [0.15, 0.2) is 0 Å². The molecule has 0 spiro atoms. The molecule has 0 saturated carbocycles. The highest BCUT2D eigenvalue weighted by Crippen LogP contribution is 2.37. The van der Waals surface area contributed by atoms with Crippen LogP contribution in [0.1, 0.15) is 21.7 Å². The number of aryl methyl sites for hydroxylation is 1. The van der Waals surface area contributed by atoms with Crippen LogP contribution in [0.4, 0.5) is 5.82 Å². The Bertz CT molecular complexity index is 1160. The monoisotopic (exact) mass is 437 g/mol. The van der Waals surface area contributed by atoms with Crippen molar-refractivity contribution in [2.24, 2.45) is 0 Å². The Morgan fingerprint density at radius 3 is 2.33 bits per heavy atom. The number of hydrogen-bond acceptors (Lipinski definition) is 4. The average molecular weight is 438 g/mol. The minimum atomic E-state index is -0.303. The molecule has 0 unspecified atom stereocenters. The Labute approximate surface area is 183 Å². The molecule has 2 aromatic heterocycles. The van der Waals surface area contributed by atoms with Crippen LogP contribution in [-0.2, 0) is 6.54 Å². The van der Waals surface area contributed by atoms with Gasteiger partial charge in [-0.2, -0.15) is 0 Å². The lowest BCUT2D eigenvalue weighted by Gasteiger charge is -2.22. The maximum atomic E-state index is 13.7. The number of amides is 1. The van der Waals surface area contributed by atoms with Crippen molar-refractivity contribution in [3.8, 4) is 11.3 Å². The Morgan fingerprint density at radius 2 is 1.67 bits per heavy atom. The van der Waals surface area contributed by atoms with Crippen molar-refractivity contribution in [2.45, 2.75) is 13.5 Å². The number of anilines is 1.